The fourth-order valence-corrected chi connectivity index (χ4v) is 4.05. The van der Waals surface area contributed by atoms with Gasteiger partial charge in [0.05, 0.1) is 23.7 Å². The van der Waals surface area contributed by atoms with Gasteiger partial charge in [0.2, 0.25) is 5.91 Å². The van der Waals surface area contributed by atoms with Crippen LogP contribution in [0.1, 0.15) is 23.8 Å². The van der Waals surface area contributed by atoms with Crippen LogP contribution in [0.4, 0.5) is 0 Å². The van der Waals surface area contributed by atoms with E-state index < -0.39 is 0 Å². The van der Waals surface area contributed by atoms with Crippen LogP contribution in [0.5, 0.6) is 0 Å². The lowest BCUT2D eigenvalue weighted by Gasteiger charge is -2.14. The summed E-state index contributed by atoms with van der Waals surface area (Å²) >= 11 is 1.38. The summed E-state index contributed by atoms with van der Waals surface area (Å²) in [6.07, 6.45) is 1.59. The van der Waals surface area contributed by atoms with Crippen LogP contribution in [-0.2, 0) is 11.3 Å². The highest BCUT2D eigenvalue weighted by Crippen LogP contribution is 2.30. The molecule has 0 spiro atoms. The third kappa shape index (κ3) is 4.72. The van der Waals surface area contributed by atoms with E-state index in [4.69, 9.17) is 4.42 Å². The molecule has 0 aliphatic heterocycles. The molecule has 31 heavy (non-hydrogen) atoms. The van der Waals surface area contributed by atoms with Gasteiger partial charge in [0, 0.05) is 5.56 Å². The number of benzene rings is 2. The lowest BCUT2D eigenvalue weighted by molar-refractivity contribution is -0.120. The molecule has 2 heterocycles. The van der Waals surface area contributed by atoms with Crippen LogP contribution >= 0.6 is 11.8 Å². The molecule has 1 atom stereocenters. The van der Waals surface area contributed by atoms with Crippen LogP contribution in [0, 0.1) is 13.8 Å². The van der Waals surface area contributed by atoms with Gasteiger partial charge in [-0.2, -0.15) is 0 Å². The average Bonchev–Trinajstić information content (AvgIpc) is 3.44. The number of furan rings is 1. The number of thioether (sulfide) groups is 1. The number of aryl methyl sites for hydroxylation is 2. The van der Waals surface area contributed by atoms with Gasteiger partial charge in [-0.1, -0.05) is 48.2 Å². The second-order valence-corrected chi connectivity index (χ2v) is 8.64. The summed E-state index contributed by atoms with van der Waals surface area (Å²) in [7, 11) is 0. The maximum Gasteiger partial charge on any atom is 0.233 e. The smallest absolute Gasteiger partial charge is 0.233 e. The molecule has 158 valence electrons. The minimum absolute atomic E-state index is 0.0858. The molecule has 2 aromatic heterocycles. The number of hydrogen-bond acceptors (Lipinski definition) is 5. The average molecular weight is 433 g/mol. The maximum atomic E-state index is 12.6. The van der Waals surface area contributed by atoms with E-state index >= 15 is 0 Å². The molecule has 0 radical (unpaired) electrons. The second-order valence-electron chi connectivity index (χ2n) is 7.33. The lowest BCUT2D eigenvalue weighted by atomic mass is 10.1. The Morgan fingerprint density at radius 1 is 1.06 bits per heavy atom. The molecule has 7 heteroatoms. The van der Waals surface area contributed by atoms with Crippen LogP contribution in [0.15, 0.2) is 76.5 Å². The third-order valence-corrected chi connectivity index (χ3v) is 6.13. The van der Waals surface area contributed by atoms with E-state index in [1.165, 1.54) is 22.9 Å². The molecule has 0 aliphatic rings. The van der Waals surface area contributed by atoms with Crippen molar-refractivity contribution >= 4 is 17.7 Å². The Labute approximate surface area is 185 Å². The van der Waals surface area contributed by atoms with Crippen molar-refractivity contribution < 1.29 is 9.21 Å². The fourth-order valence-electron chi connectivity index (χ4n) is 3.16. The summed E-state index contributed by atoms with van der Waals surface area (Å²) in [5.74, 6) is 1.38. The molecular formula is C24H24N4O2S. The Morgan fingerprint density at radius 2 is 1.87 bits per heavy atom. The molecule has 1 amide bonds. The Hall–Kier alpha value is -3.32. The van der Waals surface area contributed by atoms with Crippen LogP contribution in [-0.4, -0.2) is 25.9 Å². The number of carbonyl (C=O) groups is 1. The Kier molecular flexibility index (Phi) is 6.23. The van der Waals surface area contributed by atoms with Gasteiger partial charge in [0.1, 0.15) is 5.76 Å². The van der Waals surface area contributed by atoms with E-state index in [2.05, 4.69) is 47.6 Å². The van der Waals surface area contributed by atoms with Crippen molar-refractivity contribution in [1.29, 1.82) is 0 Å². The van der Waals surface area contributed by atoms with Crippen LogP contribution in [0.25, 0.3) is 17.1 Å². The van der Waals surface area contributed by atoms with Crippen LogP contribution in [0.2, 0.25) is 0 Å². The predicted molar refractivity (Wildman–Crippen MR) is 122 cm³/mol. The zero-order valence-electron chi connectivity index (χ0n) is 17.7. The van der Waals surface area contributed by atoms with Crippen molar-refractivity contribution in [3.05, 3.63) is 83.8 Å². The van der Waals surface area contributed by atoms with E-state index in [0.717, 1.165) is 22.8 Å². The molecule has 0 saturated heterocycles. The predicted octanol–water partition coefficient (Wildman–Crippen LogP) is 4.94. The second kappa shape index (κ2) is 9.22. The van der Waals surface area contributed by atoms with Gasteiger partial charge >= 0.3 is 0 Å². The lowest BCUT2D eigenvalue weighted by Crippen LogP contribution is -2.30. The van der Waals surface area contributed by atoms with Crippen LogP contribution < -0.4 is 5.32 Å². The molecule has 6 nitrogen and oxygen atoms in total. The van der Waals surface area contributed by atoms with Gasteiger partial charge in [0.15, 0.2) is 11.0 Å². The first-order valence-electron chi connectivity index (χ1n) is 10.1. The molecule has 2 aromatic carbocycles. The monoisotopic (exact) mass is 432 g/mol. The number of carbonyl (C=O) groups excluding carboxylic acids is 1. The normalized spacial score (nSPS) is 12.0. The molecule has 0 bridgehead atoms. The van der Waals surface area contributed by atoms with E-state index in [0.29, 0.717) is 11.7 Å². The van der Waals surface area contributed by atoms with Crippen molar-refractivity contribution in [2.75, 3.05) is 0 Å². The van der Waals surface area contributed by atoms with Gasteiger partial charge < -0.3 is 9.73 Å². The van der Waals surface area contributed by atoms with Gasteiger partial charge in [0.25, 0.3) is 0 Å². The summed E-state index contributed by atoms with van der Waals surface area (Å²) in [4.78, 5) is 12.6. The number of amides is 1. The summed E-state index contributed by atoms with van der Waals surface area (Å²) in [6, 6.07) is 19.9. The van der Waals surface area contributed by atoms with Crippen molar-refractivity contribution in [3.8, 4) is 17.1 Å². The molecule has 0 aliphatic carbocycles. The molecule has 0 fully saturated rings. The van der Waals surface area contributed by atoms with Gasteiger partial charge in [-0.15, -0.1) is 10.2 Å². The largest absolute Gasteiger partial charge is 0.467 e. The minimum atomic E-state index is -0.354. The zero-order valence-corrected chi connectivity index (χ0v) is 18.5. The Balaban J connectivity index is 1.63. The first-order chi connectivity index (χ1) is 15.0. The molecule has 4 aromatic rings. The van der Waals surface area contributed by atoms with Crippen LogP contribution in [0.3, 0.4) is 0 Å². The molecule has 4 rings (SSSR count). The molecular weight excluding hydrogens is 408 g/mol. The summed E-state index contributed by atoms with van der Waals surface area (Å²) in [6.45, 7) is 6.40. The summed E-state index contributed by atoms with van der Waals surface area (Å²) in [5.41, 5.74) is 4.34. The highest BCUT2D eigenvalue weighted by atomic mass is 32.2. The first kappa shape index (κ1) is 20.9. The van der Waals surface area contributed by atoms with Gasteiger partial charge in [-0.25, -0.2) is 0 Å². The maximum absolute atomic E-state index is 12.6. The fraction of sp³-hybridized carbons (Fsp3) is 0.208. The van der Waals surface area contributed by atoms with E-state index in [-0.39, 0.29) is 11.2 Å². The quantitative estimate of drug-likeness (QED) is 0.419. The van der Waals surface area contributed by atoms with Crippen molar-refractivity contribution in [2.24, 2.45) is 0 Å². The highest BCUT2D eigenvalue weighted by molar-refractivity contribution is 8.00. The SMILES string of the molecule is Cc1ccc(-n2c(SC(C)C(=O)NCc3ccco3)nnc2-c2ccccc2)cc1C. The van der Waals surface area contributed by atoms with Crippen molar-refractivity contribution in [2.45, 2.75) is 37.7 Å². The van der Waals surface area contributed by atoms with E-state index in [1.807, 2.05) is 47.9 Å². The highest BCUT2D eigenvalue weighted by Gasteiger charge is 2.22. The third-order valence-electron chi connectivity index (χ3n) is 5.08. The number of nitrogens with one attached hydrogen (secondary N) is 1. The van der Waals surface area contributed by atoms with E-state index in [1.54, 1.807) is 12.3 Å². The Morgan fingerprint density at radius 3 is 2.58 bits per heavy atom. The minimum Gasteiger partial charge on any atom is -0.467 e. The van der Waals surface area contributed by atoms with Gasteiger partial charge in [-0.05, 0) is 56.2 Å². The number of aromatic nitrogens is 3. The zero-order chi connectivity index (χ0) is 21.8. The molecule has 0 saturated carbocycles. The number of nitrogens with zero attached hydrogens (tertiary/aromatic N) is 3. The van der Waals surface area contributed by atoms with Gasteiger partial charge in [-0.3, -0.25) is 9.36 Å². The summed E-state index contributed by atoms with van der Waals surface area (Å²) in [5, 5.41) is 12.1. The molecule has 1 N–H and O–H groups in total. The Bertz CT molecular complexity index is 1170. The van der Waals surface area contributed by atoms with Crippen molar-refractivity contribution in [3.63, 3.8) is 0 Å². The number of rotatable bonds is 7. The topological polar surface area (TPSA) is 73.0 Å². The summed E-state index contributed by atoms with van der Waals surface area (Å²) < 4.78 is 7.30. The first-order valence-corrected chi connectivity index (χ1v) is 11.0. The molecule has 1 unspecified atom stereocenters. The standard InChI is InChI=1S/C24H24N4O2S/c1-16-11-12-20(14-17(16)2)28-22(19-8-5-4-6-9-19)26-27-24(28)31-18(3)23(29)25-15-21-10-7-13-30-21/h4-14,18H,15H2,1-3H3,(H,25,29). The van der Waals surface area contributed by atoms with E-state index in [9.17, 15) is 4.79 Å². The van der Waals surface area contributed by atoms with Crippen molar-refractivity contribution in [1.82, 2.24) is 20.1 Å². The number of hydrogen-bond donors (Lipinski definition) is 1.